The second-order valence-corrected chi connectivity index (χ2v) is 7.48. The number of hydrogen-bond donors (Lipinski definition) is 2. The van der Waals surface area contributed by atoms with E-state index in [4.69, 9.17) is 0 Å². The first-order chi connectivity index (χ1) is 15.4. The fourth-order valence-corrected chi connectivity index (χ4v) is 3.08. The number of carbonyl (C=O) groups is 2. The summed E-state index contributed by atoms with van der Waals surface area (Å²) < 4.78 is 3.59. The van der Waals surface area contributed by atoms with Crippen LogP contribution in [0.4, 0.5) is 11.5 Å². The molecule has 0 bridgehead atoms. The van der Waals surface area contributed by atoms with Crippen LogP contribution in [0.2, 0.25) is 0 Å². The number of benzene rings is 1. The van der Waals surface area contributed by atoms with Crippen molar-refractivity contribution in [2.45, 2.75) is 19.9 Å². The van der Waals surface area contributed by atoms with Gasteiger partial charge in [-0.3, -0.25) is 9.59 Å². The van der Waals surface area contributed by atoms with Gasteiger partial charge in [-0.25, -0.2) is 9.97 Å². The molecular formula is C22H22N8O2. The molecular weight excluding hydrogens is 408 g/mol. The van der Waals surface area contributed by atoms with Crippen molar-refractivity contribution in [3.05, 3.63) is 72.6 Å². The maximum absolute atomic E-state index is 12.8. The number of nitrogens with one attached hydrogen (secondary N) is 2. The van der Waals surface area contributed by atoms with Gasteiger partial charge < -0.3 is 19.8 Å². The van der Waals surface area contributed by atoms with E-state index in [0.717, 1.165) is 0 Å². The molecule has 0 spiro atoms. The molecule has 0 aliphatic carbocycles. The molecule has 0 atom stereocenters. The summed E-state index contributed by atoms with van der Waals surface area (Å²) in [5.41, 5.74) is 1.75. The molecule has 0 aliphatic rings. The van der Waals surface area contributed by atoms with Crippen LogP contribution >= 0.6 is 0 Å². The van der Waals surface area contributed by atoms with Crippen LogP contribution < -0.4 is 10.6 Å². The first kappa shape index (κ1) is 20.9. The zero-order valence-corrected chi connectivity index (χ0v) is 17.9. The SMILES string of the molecule is CC(C)n1cnnc1-c1cccc(NC(=O)c2cccc(NC(=O)c3cn(C)cn3)c2)n1. The molecule has 4 rings (SSSR count). The van der Waals surface area contributed by atoms with Gasteiger partial charge in [0.1, 0.15) is 23.5 Å². The predicted molar refractivity (Wildman–Crippen MR) is 119 cm³/mol. The van der Waals surface area contributed by atoms with Crippen molar-refractivity contribution >= 4 is 23.3 Å². The summed E-state index contributed by atoms with van der Waals surface area (Å²) in [6, 6.07) is 12.1. The summed E-state index contributed by atoms with van der Waals surface area (Å²) >= 11 is 0. The van der Waals surface area contributed by atoms with Crippen LogP contribution in [0.3, 0.4) is 0 Å². The summed E-state index contributed by atoms with van der Waals surface area (Å²) in [6.45, 7) is 4.05. The van der Waals surface area contributed by atoms with Gasteiger partial charge in [0, 0.05) is 30.5 Å². The molecule has 0 fully saturated rings. The first-order valence-corrected chi connectivity index (χ1v) is 9.98. The fourth-order valence-electron chi connectivity index (χ4n) is 3.08. The minimum Gasteiger partial charge on any atom is -0.340 e. The lowest BCUT2D eigenvalue weighted by Gasteiger charge is -2.11. The van der Waals surface area contributed by atoms with E-state index in [9.17, 15) is 9.59 Å². The molecule has 0 unspecified atom stereocenters. The molecule has 0 saturated heterocycles. The zero-order valence-electron chi connectivity index (χ0n) is 17.9. The van der Waals surface area contributed by atoms with Crippen molar-refractivity contribution in [3.63, 3.8) is 0 Å². The Bertz CT molecular complexity index is 1270. The number of aromatic nitrogens is 6. The van der Waals surface area contributed by atoms with Gasteiger partial charge >= 0.3 is 0 Å². The third kappa shape index (κ3) is 4.53. The lowest BCUT2D eigenvalue weighted by atomic mass is 10.2. The smallest absolute Gasteiger partial charge is 0.275 e. The van der Waals surface area contributed by atoms with Crippen LogP contribution in [0, 0.1) is 0 Å². The molecule has 1 aromatic carbocycles. The van der Waals surface area contributed by atoms with E-state index in [0.29, 0.717) is 28.6 Å². The summed E-state index contributed by atoms with van der Waals surface area (Å²) in [7, 11) is 1.78. The Hall–Kier alpha value is -4.34. The highest BCUT2D eigenvalue weighted by molar-refractivity contribution is 6.06. The quantitative estimate of drug-likeness (QED) is 0.485. The van der Waals surface area contributed by atoms with Gasteiger partial charge in [-0.2, -0.15) is 0 Å². The second-order valence-electron chi connectivity index (χ2n) is 7.48. The highest BCUT2D eigenvalue weighted by atomic mass is 16.2. The zero-order chi connectivity index (χ0) is 22.7. The monoisotopic (exact) mass is 430 g/mol. The molecule has 0 saturated carbocycles. The standard InChI is InChI=1S/C22H22N8O2/c1-14(2)30-13-24-28-20(30)17-8-5-9-19(26-17)27-21(31)15-6-4-7-16(10-15)25-22(32)18-11-29(3)12-23-18/h4-14H,1-3H3,(H,25,32)(H,26,27,31). The number of pyridine rings is 1. The molecule has 0 aliphatic heterocycles. The lowest BCUT2D eigenvalue weighted by molar-refractivity contribution is 0.101. The molecule has 32 heavy (non-hydrogen) atoms. The molecule has 10 heteroatoms. The van der Waals surface area contributed by atoms with Crippen molar-refractivity contribution in [1.82, 2.24) is 29.3 Å². The van der Waals surface area contributed by atoms with E-state index in [1.54, 1.807) is 66.9 Å². The number of imidazole rings is 1. The molecule has 3 heterocycles. The van der Waals surface area contributed by atoms with Gasteiger partial charge in [0.05, 0.1) is 6.33 Å². The van der Waals surface area contributed by atoms with Gasteiger partial charge in [0.25, 0.3) is 11.8 Å². The van der Waals surface area contributed by atoms with Crippen molar-refractivity contribution in [3.8, 4) is 11.5 Å². The summed E-state index contributed by atoms with van der Waals surface area (Å²) in [5.74, 6) is 0.296. The summed E-state index contributed by atoms with van der Waals surface area (Å²) in [4.78, 5) is 33.6. The Labute approximate surface area is 184 Å². The molecule has 10 nitrogen and oxygen atoms in total. The third-order valence-electron chi connectivity index (χ3n) is 4.67. The van der Waals surface area contributed by atoms with Gasteiger partial charge in [-0.15, -0.1) is 10.2 Å². The van der Waals surface area contributed by atoms with Crippen molar-refractivity contribution in [1.29, 1.82) is 0 Å². The third-order valence-corrected chi connectivity index (χ3v) is 4.67. The number of carbonyl (C=O) groups excluding carboxylic acids is 2. The van der Waals surface area contributed by atoms with Crippen LogP contribution in [0.5, 0.6) is 0 Å². The van der Waals surface area contributed by atoms with Crippen LogP contribution in [-0.4, -0.2) is 41.1 Å². The molecule has 2 amide bonds. The molecule has 2 N–H and O–H groups in total. The van der Waals surface area contributed by atoms with Gasteiger partial charge in [-0.1, -0.05) is 12.1 Å². The lowest BCUT2D eigenvalue weighted by Crippen LogP contribution is -2.15. The van der Waals surface area contributed by atoms with E-state index < -0.39 is 0 Å². The van der Waals surface area contributed by atoms with E-state index >= 15 is 0 Å². The van der Waals surface area contributed by atoms with Crippen LogP contribution in [-0.2, 0) is 7.05 Å². The average molecular weight is 430 g/mol. The van der Waals surface area contributed by atoms with E-state index in [-0.39, 0.29) is 23.6 Å². The number of nitrogens with zero attached hydrogens (tertiary/aromatic N) is 6. The molecule has 4 aromatic rings. The highest BCUT2D eigenvalue weighted by Gasteiger charge is 2.14. The topological polar surface area (TPSA) is 120 Å². The van der Waals surface area contributed by atoms with E-state index in [1.165, 1.54) is 0 Å². The molecule has 162 valence electrons. The van der Waals surface area contributed by atoms with E-state index in [2.05, 4.69) is 30.8 Å². The van der Waals surface area contributed by atoms with Crippen molar-refractivity contribution < 1.29 is 9.59 Å². The normalized spacial score (nSPS) is 10.9. The minimum absolute atomic E-state index is 0.170. The maximum Gasteiger partial charge on any atom is 0.275 e. The number of anilines is 2. The van der Waals surface area contributed by atoms with Crippen molar-refractivity contribution in [2.24, 2.45) is 7.05 Å². The second kappa shape index (κ2) is 8.80. The maximum atomic E-state index is 12.8. The number of amides is 2. The highest BCUT2D eigenvalue weighted by Crippen LogP contribution is 2.20. The Kier molecular flexibility index (Phi) is 5.75. The van der Waals surface area contributed by atoms with Crippen LogP contribution in [0.25, 0.3) is 11.5 Å². The number of hydrogen-bond acceptors (Lipinski definition) is 6. The number of aryl methyl sites for hydroxylation is 1. The summed E-state index contributed by atoms with van der Waals surface area (Å²) in [6.07, 6.45) is 4.81. The van der Waals surface area contributed by atoms with Gasteiger partial charge in [0.15, 0.2) is 5.82 Å². The minimum atomic E-state index is -0.355. The van der Waals surface area contributed by atoms with Gasteiger partial charge in [0.2, 0.25) is 0 Å². The fraction of sp³-hybridized carbons (Fsp3) is 0.182. The number of rotatable bonds is 6. The molecule has 0 radical (unpaired) electrons. The average Bonchev–Trinajstić information content (AvgIpc) is 3.43. The van der Waals surface area contributed by atoms with E-state index in [1.807, 2.05) is 24.5 Å². The molecule has 3 aromatic heterocycles. The van der Waals surface area contributed by atoms with Crippen molar-refractivity contribution in [2.75, 3.05) is 10.6 Å². The predicted octanol–water partition coefficient (Wildman–Crippen LogP) is 3.16. The Morgan fingerprint density at radius 2 is 1.81 bits per heavy atom. The Balaban J connectivity index is 1.49. The first-order valence-electron chi connectivity index (χ1n) is 9.98. The largest absolute Gasteiger partial charge is 0.340 e. The van der Waals surface area contributed by atoms with Gasteiger partial charge in [-0.05, 0) is 44.2 Å². The van der Waals surface area contributed by atoms with Crippen LogP contribution in [0.15, 0.2) is 61.3 Å². The summed E-state index contributed by atoms with van der Waals surface area (Å²) in [5, 5.41) is 13.6. The van der Waals surface area contributed by atoms with Crippen LogP contribution in [0.1, 0.15) is 40.7 Å². The Morgan fingerprint density at radius 1 is 1.00 bits per heavy atom. The Morgan fingerprint density at radius 3 is 2.56 bits per heavy atom.